The van der Waals surface area contributed by atoms with E-state index < -0.39 is 5.54 Å². The van der Waals surface area contributed by atoms with Gasteiger partial charge in [0.1, 0.15) is 0 Å². The Hall–Kier alpha value is -0.610. The molecule has 0 radical (unpaired) electrons. The maximum absolute atomic E-state index is 11.5. The lowest BCUT2D eigenvalue weighted by Crippen LogP contribution is -2.50. The van der Waals surface area contributed by atoms with Crippen molar-refractivity contribution in [2.75, 3.05) is 20.3 Å². The van der Waals surface area contributed by atoms with Crippen molar-refractivity contribution < 1.29 is 9.53 Å². The minimum Gasteiger partial charge on any atom is -0.385 e. The average molecular weight is 214 g/mol. The van der Waals surface area contributed by atoms with E-state index in [1.165, 1.54) is 12.8 Å². The van der Waals surface area contributed by atoms with Gasteiger partial charge in [-0.15, -0.1) is 0 Å². The summed E-state index contributed by atoms with van der Waals surface area (Å²) >= 11 is 0. The van der Waals surface area contributed by atoms with E-state index in [9.17, 15) is 4.79 Å². The van der Waals surface area contributed by atoms with Gasteiger partial charge in [-0.1, -0.05) is 0 Å². The second-order valence-electron chi connectivity index (χ2n) is 5.15. The molecule has 0 aromatic rings. The van der Waals surface area contributed by atoms with Crippen LogP contribution in [0.5, 0.6) is 0 Å². The quantitative estimate of drug-likeness (QED) is 0.682. The molecule has 0 saturated heterocycles. The fourth-order valence-electron chi connectivity index (χ4n) is 1.51. The van der Waals surface area contributed by atoms with Crippen LogP contribution in [0.4, 0.5) is 0 Å². The van der Waals surface area contributed by atoms with Crippen LogP contribution in [0.2, 0.25) is 0 Å². The van der Waals surface area contributed by atoms with Crippen LogP contribution in [-0.2, 0) is 9.53 Å². The van der Waals surface area contributed by atoms with E-state index >= 15 is 0 Å². The number of carbonyl (C=O) groups excluding carboxylic acids is 1. The zero-order valence-corrected chi connectivity index (χ0v) is 9.93. The Kier molecular flexibility index (Phi) is 3.73. The fourth-order valence-corrected chi connectivity index (χ4v) is 1.51. The van der Waals surface area contributed by atoms with Crippen LogP contribution >= 0.6 is 0 Å². The number of rotatable bonds is 6. The summed E-state index contributed by atoms with van der Waals surface area (Å²) < 4.78 is 5.05. The Bertz CT molecular complexity index is 229. The standard InChI is InChI=1S/C11H22N2O2/c1-10(2,12)9(14)13-8-11(4-5-11)6-7-15-3/h4-8,12H2,1-3H3,(H,13,14). The van der Waals surface area contributed by atoms with E-state index in [0.717, 1.165) is 19.6 Å². The molecule has 0 heterocycles. The van der Waals surface area contributed by atoms with Crippen LogP contribution in [-0.4, -0.2) is 31.7 Å². The summed E-state index contributed by atoms with van der Waals surface area (Å²) in [6, 6.07) is 0. The predicted molar refractivity (Wildman–Crippen MR) is 59.4 cm³/mol. The van der Waals surface area contributed by atoms with Gasteiger partial charge in [0, 0.05) is 20.3 Å². The molecule has 1 saturated carbocycles. The molecule has 1 aliphatic rings. The summed E-state index contributed by atoms with van der Waals surface area (Å²) in [5, 5.41) is 2.91. The molecular formula is C11H22N2O2. The molecule has 3 N–H and O–H groups in total. The zero-order chi connectivity index (χ0) is 11.5. The normalized spacial score (nSPS) is 18.7. The molecule has 0 aromatic carbocycles. The lowest BCUT2D eigenvalue weighted by molar-refractivity contribution is -0.125. The van der Waals surface area contributed by atoms with Crippen molar-refractivity contribution >= 4 is 5.91 Å². The molecule has 88 valence electrons. The number of hydrogen-bond acceptors (Lipinski definition) is 3. The highest BCUT2D eigenvalue weighted by Gasteiger charge is 2.42. The summed E-state index contributed by atoms with van der Waals surface area (Å²) in [4.78, 5) is 11.5. The van der Waals surface area contributed by atoms with Crippen LogP contribution in [0.25, 0.3) is 0 Å². The van der Waals surface area contributed by atoms with E-state index in [-0.39, 0.29) is 11.3 Å². The smallest absolute Gasteiger partial charge is 0.239 e. The van der Waals surface area contributed by atoms with Gasteiger partial charge in [-0.2, -0.15) is 0 Å². The first kappa shape index (κ1) is 12.5. The molecular weight excluding hydrogens is 192 g/mol. The van der Waals surface area contributed by atoms with Crippen molar-refractivity contribution in [2.24, 2.45) is 11.1 Å². The Morgan fingerprint density at radius 3 is 2.53 bits per heavy atom. The minimum atomic E-state index is -0.780. The van der Waals surface area contributed by atoms with Crippen molar-refractivity contribution in [3.05, 3.63) is 0 Å². The van der Waals surface area contributed by atoms with E-state index in [0.29, 0.717) is 0 Å². The summed E-state index contributed by atoms with van der Waals surface area (Å²) in [5.74, 6) is -0.0776. The van der Waals surface area contributed by atoms with Crippen LogP contribution in [0.3, 0.4) is 0 Å². The molecule has 0 atom stereocenters. The van der Waals surface area contributed by atoms with Crippen LogP contribution < -0.4 is 11.1 Å². The number of hydrogen-bond donors (Lipinski definition) is 2. The van der Waals surface area contributed by atoms with Gasteiger partial charge in [-0.25, -0.2) is 0 Å². The second-order valence-corrected chi connectivity index (χ2v) is 5.15. The monoisotopic (exact) mass is 214 g/mol. The number of ether oxygens (including phenoxy) is 1. The summed E-state index contributed by atoms with van der Waals surface area (Å²) in [5.41, 5.74) is 5.20. The highest BCUT2D eigenvalue weighted by Crippen LogP contribution is 2.48. The first-order valence-corrected chi connectivity index (χ1v) is 5.46. The molecule has 0 aliphatic heterocycles. The van der Waals surface area contributed by atoms with Gasteiger partial charge >= 0.3 is 0 Å². The van der Waals surface area contributed by atoms with Gasteiger partial charge in [0.05, 0.1) is 5.54 Å². The number of amides is 1. The largest absolute Gasteiger partial charge is 0.385 e. The van der Waals surface area contributed by atoms with Crippen molar-refractivity contribution in [1.82, 2.24) is 5.32 Å². The van der Waals surface area contributed by atoms with Crippen LogP contribution in [0.1, 0.15) is 33.1 Å². The third-order valence-corrected chi connectivity index (χ3v) is 3.00. The Balaban J connectivity index is 2.28. The molecule has 15 heavy (non-hydrogen) atoms. The SMILES string of the molecule is COCCC1(CNC(=O)C(C)(C)N)CC1. The van der Waals surface area contributed by atoms with Gasteiger partial charge in [-0.3, -0.25) is 4.79 Å². The molecule has 1 rings (SSSR count). The third kappa shape index (κ3) is 3.80. The number of methoxy groups -OCH3 is 1. The average Bonchev–Trinajstić information content (AvgIpc) is 2.90. The number of nitrogens with two attached hydrogens (primary N) is 1. The first-order chi connectivity index (χ1) is 6.90. The van der Waals surface area contributed by atoms with Crippen molar-refractivity contribution in [2.45, 2.75) is 38.6 Å². The van der Waals surface area contributed by atoms with E-state index in [2.05, 4.69) is 5.32 Å². The van der Waals surface area contributed by atoms with E-state index in [1.54, 1.807) is 21.0 Å². The summed E-state index contributed by atoms with van der Waals surface area (Å²) in [6.45, 7) is 4.94. The van der Waals surface area contributed by atoms with E-state index in [4.69, 9.17) is 10.5 Å². The molecule has 1 amide bonds. The first-order valence-electron chi connectivity index (χ1n) is 5.46. The molecule has 0 spiro atoms. The molecule has 0 unspecified atom stereocenters. The predicted octanol–water partition coefficient (Wildman–Crippen LogP) is 0.657. The Morgan fingerprint density at radius 2 is 2.13 bits per heavy atom. The molecule has 0 bridgehead atoms. The van der Waals surface area contributed by atoms with Gasteiger partial charge in [0.25, 0.3) is 0 Å². The maximum atomic E-state index is 11.5. The lowest BCUT2D eigenvalue weighted by Gasteiger charge is -2.21. The minimum absolute atomic E-state index is 0.0776. The summed E-state index contributed by atoms with van der Waals surface area (Å²) in [7, 11) is 1.71. The van der Waals surface area contributed by atoms with E-state index in [1.807, 2.05) is 0 Å². The second kappa shape index (κ2) is 4.49. The molecule has 1 aliphatic carbocycles. The van der Waals surface area contributed by atoms with Crippen molar-refractivity contribution in [3.63, 3.8) is 0 Å². The third-order valence-electron chi connectivity index (χ3n) is 3.00. The van der Waals surface area contributed by atoms with Crippen molar-refractivity contribution in [1.29, 1.82) is 0 Å². The Morgan fingerprint density at radius 1 is 1.53 bits per heavy atom. The zero-order valence-electron chi connectivity index (χ0n) is 9.93. The maximum Gasteiger partial charge on any atom is 0.239 e. The lowest BCUT2D eigenvalue weighted by atomic mass is 10.0. The number of carbonyl (C=O) groups is 1. The highest BCUT2D eigenvalue weighted by atomic mass is 16.5. The van der Waals surface area contributed by atoms with Gasteiger partial charge in [-0.05, 0) is 38.5 Å². The molecule has 0 aromatic heterocycles. The van der Waals surface area contributed by atoms with Gasteiger partial charge in [0.2, 0.25) is 5.91 Å². The summed E-state index contributed by atoms with van der Waals surface area (Å²) in [6.07, 6.45) is 3.39. The highest BCUT2D eigenvalue weighted by molar-refractivity contribution is 5.85. The van der Waals surface area contributed by atoms with Gasteiger partial charge in [0.15, 0.2) is 0 Å². The molecule has 1 fully saturated rings. The van der Waals surface area contributed by atoms with Gasteiger partial charge < -0.3 is 15.8 Å². The van der Waals surface area contributed by atoms with Crippen LogP contribution in [0, 0.1) is 5.41 Å². The number of nitrogens with one attached hydrogen (secondary N) is 1. The van der Waals surface area contributed by atoms with Crippen molar-refractivity contribution in [3.8, 4) is 0 Å². The Labute approximate surface area is 91.5 Å². The topological polar surface area (TPSA) is 64.3 Å². The molecule has 4 nitrogen and oxygen atoms in total. The molecule has 4 heteroatoms. The van der Waals surface area contributed by atoms with Crippen LogP contribution in [0.15, 0.2) is 0 Å². The fraction of sp³-hybridized carbons (Fsp3) is 0.909.